The maximum absolute atomic E-state index is 5.87. The lowest BCUT2D eigenvalue weighted by atomic mass is 10.1. The second-order valence-electron chi connectivity index (χ2n) is 4.76. The molecular formula is C19H17O2. The smallest absolute Gasteiger partial charge is 0.127 e. The maximum atomic E-state index is 5.87. The van der Waals surface area contributed by atoms with E-state index in [0.29, 0.717) is 13.2 Å². The molecule has 0 heterocycles. The molecule has 1 radical (unpaired) electrons. The number of benzene rings is 3. The Balaban J connectivity index is 1.51. The third kappa shape index (κ3) is 3.54. The van der Waals surface area contributed by atoms with Gasteiger partial charge in [-0.3, -0.25) is 0 Å². The van der Waals surface area contributed by atoms with Gasteiger partial charge in [0.15, 0.2) is 0 Å². The zero-order valence-electron chi connectivity index (χ0n) is 11.8. The van der Waals surface area contributed by atoms with Crippen LogP contribution in [0.3, 0.4) is 0 Å². The topological polar surface area (TPSA) is 18.5 Å². The summed E-state index contributed by atoms with van der Waals surface area (Å²) < 4.78 is 11.5. The molecule has 0 aliphatic rings. The molecule has 0 saturated heterocycles. The van der Waals surface area contributed by atoms with E-state index < -0.39 is 0 Å². The van der Waals surface area contributed by atoms with Crippen LogP contribution < -0.4 is 9.47 Å². The molecule has 105 valence electrons. The third-order valence-electron chi connectivity index (χ3n) is 3.25. The van der Waals surface area contributed by atoms with Gasteiger partial charge in [-0.2, -0.15) is 0 Å². The summed E-state index contributed by atoms with van der Waals surface area (Å²) in [7, 11) is 0. The molecule has 2 heteroatoms. The molecule has 0 N–H and O–H groups in total. The monoisotopic (exact) mass is 277 g/mol. The van der Waals surface area contributed by atoms with Crippen LogP contribution in [0, 0.1) is 6.07 Å². The van der Waals surface area contributed by atoms with Crippen molar-refractivity contribution in [2.24, 2.45) is 0 Å². The first-order valence-corrected chi connectivity index (χ1v) is 7.13. The van der Waals surface area contributed by atoms with E-state index in [1.54, 1.807) is 0 Å². The lowest BCUT2D eigenvalue weighted by Crippen LogP contribution is -2.05. The van der Waals surface area contributed by atoms with Crippen LogP contribution in [-0.4, -0.2) is 13.2 Å². The van der Waals surface area contributed by atoms with Crippen molar-refractivity contribution in [2.75, 3.05) is 13.2 Å². The quantitative estimate of drug-likeness (QED) is 0.618. The SMILES string of the molecule is [c]1ccc(OCCCOc2cccc3ccccc23)cc1. The van der Waals surface area contributed by atoms with Gasteiger partial charge in [0.2, 0.25) is 0 Å². The van der Waals surface area contributed by atoms with Crippen molar-refractivity contribution >= 4 is 10.8 Å². The Labute approximate surface area is 124 Å². The molecule has 3 rings (SSSR count). The molecule has 0 amide bonds. The van der Waals surface area contributed by atoms with Gasteiger partial charge in [-0.15, -0.1) is 0 Å². The molecular weight excluding hydrogens is 260 g/mol. The largest absolute Gasteiger partial charge is 0.493 e. The Kier molecular flexibility index (Phi) is 4.37. The first-order chi connectivity index (χ1) is 10.4. The van der Waals surface area contributed by atoms with Crippen molar-refractivity contribution in [3.63, 3.8) is 0 Å². The summed E-state index contributed by atoms with van der Waals surface area (Å²) in [5.41, 5.74) is 0. The number of hydrogen-bond acceptors (Lipinski definition) is 2. The van der Waals surface area contributed by atoms with E-state index in [1.165, 1.54) is 5.39 Å². The Morgan fingerprint density at radius 3 is 2.43 bits per heavy atom. The van der Waals surface area contributed by atoms with Crippen LogP contribution in [0.2, 0.25) is 0 Å². The van der Waals surface area contributed by atoms with Gasteiger partial charge in [-0.05, 0) is 29.7 Å². The lowest BCUT2D eigenvalue weighted by Gasteiger charge is -2.10. The highest BCUT2D eigenvalue weighted by Gasteiger charge is 2.01. The van der Waals surface area contributed by atoms with E-state index >= 15 is 0 Å². The number of fused-ring (bicyclic) bond motifs is 1. The highest BCUT2D eigenvalue weighted by Crippen LogP contribution is 2.25. The second-order valence-corrected chi connectivity index (χ2v) is 4.76. The van der Waals surface area contributed by atoms with Gasteiger partial charge in [-0.25, -0.2) is 0 Å². The Hall–Kier alpha value is -2.48. The Morgan fingerprint density at radius 1 is 0.762 bits per heavy atom. The molecule has 0 aliphatic carbocycles. The average molecular weight is 277 g/mol. The van der Waals surface area contributed by atoms with Crippen LogP contribution in [0.5, 0.6) is 11.5 Å². The fourth-order valence-corrected chi connectivity index (χ4v) is 2.22. The molecule has 3 aromatic carbocycles. The van der Waals surface area contributed by atoms with Crippen molar-refractivity contribution in [3.8, 4) is 11.5 Å². The highest BCUT2D eigenvalue weighted by molar-refractivity contribution is 5.88. The summed E-state index contributed by atoms with van der Waals surface area (Å²) in [6.45, 7) is 1.29. The van der Waals surface area contributed by atoms with Crippen LogP contribution >= 0.6 is 0 Å². The van der Waals surface area contributed by atoms with E-state index in [4.69, 9.17) is 9.47 Å². The van der Waals surface area contributed by atoms with Crippen molar-refractivity contribution in [2.45, 2.75) is 6.42 Å². The van der Waals surface area contributed by atoms with Crippen molar-refractivity contribution in [1.29, 1.82) is 0 Å². The van der Waals surface area contributed by atoms with Crippen LogP contribution in [-0.2, 0) is 0 Å². The van der Waals surface area contributed by atoms with Crippen molar-refractivity contribution < 1.29 is 9.47 Å². The van der Waals surface area contributed by atoms with Gasteiger partial charge in [0.25, 0.3) is 0 Å². The normalized spacial score (nSPS) is 10.5. The fourth-order valence-electron chi connectivity index (χ4n) is 2.22. The fraction of sp³-hybridized carbons (Fsp3) is 0.158. The number of hydrogen-bond donors (Lipinski definition) is 0. The zero-order chi connectivity index (χ0) is 14.3. The third-order valence-corrected chi connectivity index (χ3v) is 3.25. The Bertz CT molecular complexity index is 687. The number of rotatable bonds is 6. The van der Waals surface area contributed by atoms with Crippen LogP contribution in [0.1, 0.15) is 6.42 Å². The Morgan fingerprint density at radius 2 is 1.52 bits per heavy atom. The lowest BCUT2D eigenvalue weighted by molar-refractivity contribution is 0.249. The molecule has 0 atom stereocenters. The highest BCUT2D eigenvalue weighted by atomic mass is 16.5. The minimum Gasteiger partial charge on any atom is -0.493 e. The van der Waals surface area contributed by atoms with Crippen LogP contribution in [0.25, 0.3) is 10.8 Å². The molecule has 0 bridgehead atoms. The summed E-state index contributed by atoms with van der Waals surface area (Å²) in [6, 6.07) is 24.9. The second kappa shape index (κ2) is 6.80. The van der Waals surface area contributed by atoms with Crippen molar-refractivity contribution in [3.05, 3.63) is 72.8 Å². The summed E-state index contributed by atoms with van der Waals surface area (Å²) in [5, 5.41) is 2.35. The van der Waals surface area contributed by atoms with E-state index in [0.717, 1.165) is 23.3 Å². The number of ether oxygens (including phenoxy) is 2. The van der Waals surface area contributed by atoms with Crippen LogP contribution in [0.15, 0.2) is 66.7 Å². The molecule has 0 fully saturated rings. The van der Waals surface area contributed by atoms with E-state index in [1.807, 2.05) is 48.5 Å². The summed E-state index contributed by atoms with van der Waals surface area (Å²) in [6.07, 6.45) is 0.849. The first-order valence-electron chi connectivity index (χ1n) is 7.13. The molecule has 2 nitrogen and oxygen atoms in total. The van der Waals surface area contributed by atoms with E-state index in [2.05, 4.69) is 24.3 Å². The molecule has 0 spiro atoms. The molecule has 0 saturated carbocycles. The predicted molar refractivity (Wildman–Crippen MR) is 84.8 cm³/mol. The standard InChI is InChI=1S/C19H17O2/c1-2-10-17(11-3-1)20-14-7-15-21-19-13-6-9-16-8-4-5-12-18(16)19/h2-6,8-13H,7,14-15H2. The molecule has 0 unspecified atom stereocenters. The average Bonchev–Trinajstić information content (AvgIpc) is 2.56. The zero-order valence-corrected chi connectivity index (χ0v) is 11.8. The summed E-state index contributed by atoms with van der Waals surface area (Å²) in [4.78, 5) is 0. The molecule has 21 heavy (non-hydrogen) atoms. The van der Waals surface area contributed by atoms with E-state index in [-0.39, 0.29) is 0 Å². The minimum atomic E-state index is 0.646. The van der Waals surface area contributed by atoms with Crippen molar-refractivity contribution in [1.82, 2.24) is 0 Å². The summed E-state index contributed by atoms with van der Waals surface area (Å²) in [5.74, 6) is 1.81. The van der Waals surface area contributed by atoms with E-state index in [9.17, 15) is 0 Å². The first kappa shape index (κ1) is 13.5. The van der Waals surface area contributed by atoms with Gasteiger partial charge >= 0.3 is 0 Å². The molecule has 0 aromatic heterocycles. The maximum Gasteiger partial charge on any atom is 0.127 e. The van der Waals surface area contributed by atoms with Gasteiger partial charge in [0.1, 0.15) is 11.5 Å². The molecule has 0 aliphatic heterocycles. The van der Waals surface area contributed by atoms with Gasteiger partial charge in [0, 0.05) is 11.8 Å². The van der Waals surface area contributed by atoms with Gasteiger partial charge in [-0.1, -0.05) is 48.5 Å². The van der Waals surface area contributed by atoms with Gasteiger partial charge in [0.05, 0.1) is 13.2 Å². The predicted octanol–water partition coefficient (Wildman–Crippen LogP) is 4.49. The summed E-state index contributed by atoms with van der Waals surface area (Å²) >= 11 is 0. The minimum absolute atomic E-state index is 0.646. The molecule has 3 aromatic rings. The van der Waals surface area contributed by atoms with Crippen LogP contribution in [0.4, 0.5) is 0 Å². The van der Waals surface area contributed by atoms with Gasteiger partial charge < -0.3 is 9.47 Å².